The van der Waals surface area contributed by atoms with Gasteiger partial charge in [-0.15, -0.1) is 10.2 Å². The first-order valence-corrected chi connectivity index (χ1v) is 5.87. The average molecular weight is 299 g/mol. The highest BCUT2D eigenvalue weighted by Gasteiger charge is 2.17. The molecule has 0 amide bonds. The van der Waals surface area contributed by atoms with Crippen molar-refractivity contribution in [3.05, 3.63) is 33.2 Å². The third-order valence-corrected chi connectivity index (χ3v) is 3.14. The summed E-state index contributed by atoms with van der Waals surface area (Å²) in [6.07, 6.45) is 0. The predicted molar refractivity (Wildman–Crippen MR) is 66.3 cm³/mol. The summed E-state index contributed by atoms with van der Waals surface area (Å²) in [6, 6.07) is 5.07. The topological polar surface area (TPSA) is 94.9 Å². The van der Waals surface area contributed by atoms with E-state index < -0.39 is 0 Å². The number of nitrogens with two attached hydrogens (primary N) is 2. The fourth-order valence-electron chi connectivity index (χ4n) is 1.17. The molecule has 0 atom stereocenters. The smallest absolute Gasteiger partial charge is 0.225 e. The molecule has 0 fully saturated rings. The molecule has 2 rings (SSSR count). The molecule has 16 heavy (non-hydrogen) atoms. The minimum absolute atomic E-state index is 0.238. The molecule has 0 aliphatic carbocycles. The Kier molecular flexibility index (Phi) is 2.88. The van der Waals surface area contributed by atoms with Gasteiger partial charge in [-0.2, -0.15) is 0 Å². The summed E-state index contributed by atoms with van der Waals surface area (Å²) < 4.78 is 0.780. The Bertz CT molecular complexity index is 554. The third kappa shape index (κ3) is 2.05. The van der Waals surface area contributed by atoms with E-state index in [0.29, 0.717) is 11.3 Å². The Morgan fingerprint density at radius 2 is 2.06 bits per heavy atom. The molecule has 0 saturated carbocycles. The maximum absolute atomic E-state index is 12.0. The first-order valence-electron chi connectivity index (χ1n) is 4.26. The second-order valence-electron chi connectivity index (χ2n) is 3.01. The zero-order valence-corrected chi connectivity index (χ0v) is 10.4. The monoisotopic (exact) mass is 298 g/mol. The van der Waals surface area contributed by atoms with Crippen LogP contribution in [0.25, 0.3) is 0 Å². The van der Waals surface area contributed by atoms with Crippen LogP contribution in [0.4, 0.5) is 10.8 Å². The summed E-state index contributed by atoms with van der Waals surface area (Å²) in [7, 11) is 0. The molecule has 1 aromatic heterocycles. The Morgan fingerprint density at radius 1 is 1.31 bits per heavy atom. The normalized spacial score (nSPS) is 10.3. The van der Waals surface area contributed by atoms with Crippen molar-refractivity contribution in [3.63, 3.8) is 0 Å². The van der Waals surface area contributed by atoms with E-state index in [1.807, 2.05) is 0 Å². The molecule has 0 spiro atoms. The second-order valence-corrected chi connectivity index (χ2v) is 4.93. The van der Waals surface area contributed by atoms with Crippen LogP contribution >= 0.6 is 27.3 Å². The highest BCUT2D eigenvalue weighted by molar-refractivity contribution is 9.10. The summed E-state index contributed by atoms with van der Waals surface area (Å²) in [4.78, 5) is 12.0. The highest BCUT2D eigenvalue weighted by Crippen LogP contribution is 2.23. The molecule has 82 valence electrons. The van der Waals surface area contributed by atoms with Crippen LogP contribution in [0.15, 0.2) is 22.7 Å². The molecule has 1 aromatic carbocycles. The lowest BCUT2D eigenvalue weighted by molar-refractivity contribution is 0.103. The molecule has 1 heterocycles. The van der Waals surface area contributed by atoms with E-state index in [4.69, 9.17) is 11.5 Å². The van der Waals surface area contributed by atoms with Crippen molar-refractivity contribution in [2.45, 2.75) is 0 Å². The third-order valence-electron chi connectivity index (χ3n) is 1.89. The van der Waals surface area contributed by atoms with Crippen LogP contribution in [0.2, 0.25) is 0 Å². The molecule has 2 aromatic rings. The Hall–Kier alpha value is -1.47. The van der Waals surface area contributed by atoms with Gasteiger partial charge < -0.3 is 11.5 Å². The van der Waals surface area contributed by atoms with Crippen LogP contribution in [0, 0.1) is 0 Å². The van der Waals surface area contributed by atoms with Gasteiger partial charge in [0.2, 0.25) is 10.9 Å². The van der Waals surface area contributed by atoms with E-state index in [1.165, 1.54) is 0 Å². The number of carbonyl (C=O) groups excluding carboxylic acids is 1. The van der Waals surface area contributed by atoms with Crippen LogP contribution < -0.4 is 11.5 Å². The summed E-state index contributed by atoms with van der Waals surface area (Å²) in [6.45, 7) is 0. The zero-order valence-electron chi connectivity index (χ0n) is 7.98. The zero-order chi connectivity index (χ0) is 11.7. The SMILES string of the molecule is Nc1nnc(C(=O)c2cc(Br)ccc2N)s1. The van der Waals surface area contributed by atoms with Gasteiger partial charge in [-0.1, -0.05) is 27.3 Å². The van der Waals surface area contributed by atoms with Gasteiger partial charge in [0, 0.05) is 15.7 Å². The van der Waals surface area contributed by atoms with Crippen molar-refractivity contribution in [3.8, 4) is 0 Å². The molecular weight excluding hydrogens is 292 g/mol. The van der Waals surface area contributed by atoms with Crippen molar-refractivity contribution < 1.29 is 4.79 Å². The molecular formula is C9H7BrN4OS. The van der Waals surface area contributed by atoms with Crippen molar-refractivity contribution in [2.24, 2.45) is 0 Å². The van der Waals surface area contributed by atoms with Crippen molar-refractivity contribution in [2.75, 3.05) is 11.5 Å². The van der Waals surface area contributed by atoms with Gasteiger partial charge in [0.15, 0.2) is 5.01 Å². The molecule has 4 N–H and O–H groups in total. The Morgan fingerprint density at radius 3 is 2.69 bits per heavy atom. The van der Waals surface area contributed by atoms with Crippen LogP contribution in [0.3, 0.4) is 0 Å². The van der Waals surface area contributed by atoms with Gasteiger partial charge >= 0.3 is 0 Å². The number of ketones is 1. The summed E-state index contributed by atoms with van der Waals surface area (Å²) in [5.74, 6) is -0.270. The van der Waals surface area contributed by atoms with E-state index in [0.717, 1.165) is 15.8 Å². The standard InChI is InChI=1S/C9H7BrN4OS/c10-4-1-2-6(11)5(3-4)7(15)8-13-14-9(12)16-8/h1-3H,11H2,(H2,12,14). The Labute approximate surface area is 104 Å². The molecule has 0 unspecified atom stereocenters. The number of hydrogen-bond acceptors (Lipinski definition) is 6. The summed E-state index contributed by atoms with van der Waals surface area (Å²) in [5, 5.41) is 7.77. The first-order chi connectivity index (χ1) is 7.58. The minimum Gasteiger partial charge on any atom is -0.398 e. The van der Waals surface area contributed by atoms with Crippen LogP contribution in [0.5, 0.6) is 0 Å². The average Bonchev–Trinajstić information content (AvgIpc) is 2.67. The maximum atomic E-state index is 12.0. The second kappa shape index (κ2) is 4.18. The summed E-state index contributed by atoms with van der Waals surface area (Å²) >= 11 is 4.32. The predicted octanol–water partition coefficient (Wildman–Crippen LogP) is 1.70. The lowest BCUT2D eigenvalue weighted by atomic mass is 10.1. The summed E-state index contributed by atoms with van der Waals surface area (Å²) in [5.41, 5.74) is 11.9. The van der Waals surface area contributed by atoms with E-state index in [9.17, 15) is 4.79 Å². The number of nitrogen functional groups attached to an aromatic ring is 2. The Balaban J connectivity index is 2.45. The number of benzene rings is 1. The van der Waals surface area contributed by atoms with Crippen LogP contribution in [-0.2, 0) is 0 Å². The molecule has 0 aliphatic rings. The maximum Gasteiger partial charge on any atom is 0.225 e. The van der Waals surface area contributed by atoms with Crippen LogP contribution in [0.1, 0.15) is 15.4 Å². The van der Waals surface area contributed by atoms with Gasteiger partial charge in [-0.25, -0.2) is 0 Å². The van der Waals surface area contributed by atoms with Gasteiger partial charge in [0.25, 0.3) is 0 Å². The number of rotatable bonds is 2. The number of carbonyl (C=O) groups is 1. The fourth-order valence-corrected chi connectivity index (χ4v) is 2.09. The molecule has 0 saturated heterocycles. The van der Waals surface area contributed by atoms with Gasteiger partial charge in [0.05, 0.1) is 0 Å². The van der Waals surface area contributed by atoms with E-state index in [1.54, 1.807) is 18.2 Å². The molecule has 7 heteroatoms. The first kappa shape index (κ1) is 11.0. The van der Waals surface area contributed by atoms with Crippen LogP contribution in [-0.4, -0.2) is 16.0 Å². The fraction of sp³-hybridized carbons (Fsp3) is 0. The number of hydrogen-bond donors (Lipinski definition) is 2. The molecule has 0 bridgehead atoms. The lowest BCUT2D eigenvalue weighted by Gasteiger charge is -2.02. The van der Waals surface area contributed by atoms with Crippen molar-refractivity contribution >= 4 is 43.9 Å². The van der Waals surface area contributed by atoms with Gasteiger partial charge in [-0.3, -0.25) is 4.79 Å². The minimum atomic E-state index is -0.270. The van der Waals surface area contributed by atoms with E-state index in [2.05, 4.69) is 26.1 Å². The number of aromatic nitrogens is 2. The van der Waals surface area contributed by atoms with Gasteiger partial charge in [0.1, 0.15) is 0 Å². The lowest BCUT2D eigenvalue weighted by Crippen LogP contribution is -2.05. The molecule has 0 aliphatic heterocycles. The van der Waals surface area contributed by atoms with Gasteiger partial charge in [-0.05, 0) is 18.2 Å². The molecule has 0 radical (unpaired) electrons. The molecule has 5 nitrogen and oxygen atoms in total. The van der Waals surface area contributed by atoms with E-state index >= 15 is 0 Å². The van der Waals surface area contributed by atoms with Crippen molar-refractivity contribution in [1.82, 2.24) is 10.2 Å². The highest BCUT2D eigenvalue weighted by atomic mass is 79.9. The largest absolute Gasteiger partial charge is 0.398 e. The quantitative estimate of drug-likeness (QED) is 0.650. The number of anilines is 2. The number of halogens is 1. The number of nitrogens with zero attached hydrogens (tertiary/aromatic N) is 2. The van der Waals surface area contributed by atoms with E-state index in [-0.39, 0.29) is 15.9 Å². The van der Waals surface area contributed by atoms with Crippen molar-refractivity contribution in [1.29, 1.82) is 0 Å².